The highest BCUT2D eigenvalue weighted by atomic mass is 79.9. The number of hydrogen-bond acceptors (Lipinski definition) is 0. The SMILES string of the molecule is BrCCc1cc(C[SH]2C=CC=C2)ccc1Br. The maximum Gasteiger partial charge on any atom is 0.0207 e. The Balaban J connectivity index is 2.12. The van der Waals surface area contributed by atoms with Gasteiger partial charge in [-0.2, -0.15) is 0 Å². The van der Waals surface area contributed by atoms with Crippen LogP contribution < -0.4 is 0 Å². The number of thiol groups is 1. The van der Waals surface area contributed by atoms with Gasteiger partial charge in [-0.3, -0.25) is 0 Å². The molecule has 1 heterocycles. The predicted octanol–water partition coefficient (Wildman–Crippen LogP) is 4.93. The normalized spacial score (nSPS) is 16.0. The Morgan fingerprint density at radius 1 is 1.12 bits per heavy atom. The van der Waals surface area contributed by atoms with Gasteiger partial charge in [0.2, 0.25) is 0 Å². The van der Waals surface area contributed by atoms with E-state index in [1.165, 1.54) is 21.4 Å². The van der Waals surface area contributed by atoms with E-state index >= 15 is 0 Å². The molecule has 0 spiro atoms. The van der Waals surface area contributed by atoms with E-state index in [0.717, 1.165) is 11.8 Å². The van der Waals surface area contributed by atoms with Gasteiger partial charge in [0.05, 0.1) is 0 Å². The third-order valence-corrected chi connectivity index (χ3v) is 5.52. The molecule has 1 aliphatic heterocycles. The molecule has 16 heavy (non-hydrogen) atoms. The summed E-state index contributed by atoms with van der Waals surface area (Å²) in [4.78, 5) is 0. The topological polar surface area (TPSA) is 0 Å². The number of alkyl halides is 1. The fourth-order valence-corrected chi connectivity index (χ4v) is 4.15. The van der Waals surface area contributed by atoms with Crippen molar-refractivity contribution in [3.05, 3.63) is 56.8 Å². The fourth-order valence-electron chi connectivity index (χ4n) is 1.71. The van der Waals surface area contributed by atoms with Crippen LogP contribution in [0.15, 0.2) is 45.6 Å². The van der Waals surface area contributed by atoms with Crippen molar-refractivity contribution in [3.8, 4) is 0 Å². The van der Waals surface area contributed by atoms with Gasteiger partial charge in [0, 0.05) is 15.6 Å². The molecule has 1 aliphatic rings. The molecule has 0 aromatic heterocycles. The summed E-state index contributed by atoms with van der Waals surface area (Å²) in [6.45, 7) is 0. The van der Waals surface area contributed by atoms with Crippen molar-refractivity contribution in [2.75, 3.05) is 5.33 Å². The summed E-state index contributed by atoms with van der Waals surface area (Å²) in [5.41, 5.74) is 2.85. The summed E-state index contributed by atoms with van der Waals surface area (Å²) in [5.74, 6) is 1.17. The summed E-state index contributed by atoms with van der Waals surface area (Å²) >= 11 is 7.09. The average Bonchev–Trinajstić information content (AvgIpc) is 2.76. The van der Waals surface area contributed by atoms with Crippen molar-refractivity contribution in [2.45, 2.75) is 12.2 Å². The molecule has 0 atom stereocenters. The van der Waals surface area contributed by atoms with Gasteiger partial charge in [0.1, 0.15) is 0 Å². The number of rotatable bonds is 4. The number of halogens is 2. The quantitative estimate of drug-likeness (QED) is 0.570. The molecule has 86 valence electrons. The van der Waals surface area contributed by atoms with Gasteiger partial charge in [-0.15, -0.1) is 0 Å². The molecule has 2 rings (SSSR count). The van der Waals surface area contributed by atoms with Crippen molar-refractivity contribution in [2.24, 2.45) is 0 Å². The first-order valence-electron chi connectivity index (χ1n) is 5.23. The maximum atomic E-state index is 3.60. The fraction of sp³-hybridized carbons (Fsp3) is 0.231. The first-order valence-corrected chi connectivity index (χ1v) is 8.81. The highest BCUT2D eigenvalue weighted by Gasteiger charge is 2.04. The summed E-state index contributed by atoms with van der Waals surface area (Å²) in [6.07, 6.45) is 5.39. The van der Waals surface area contributed by atoms with Crippen LogP contribution in [0.25, 0.3) is 0 Å². The molecule has 0 N–H and O–H groups in total. The average molecular weight is 362 g/mol. The lowest BCUT2D eigenvalue weighted by molar-refractivity contribution is 1.14. The third kappa shape index (κ3) is 3.25. The van der Waals surface area contributed by atoms with E-state index < -0.39 is 0 Å². The summed E-state index contributed by atoms with van der Waals surface area (Å²) in [6, 6.07) is 6.73. The molecule has 0 fully saturated rings. The van der Waals surface area contributed by atoms with Gasteiger partial charge < -0.3 is 0 Å². The molecule has 1 aromatic rings. The van der Waals surface area contributed by atoms with Gasteiger partial charge in [-0.05, 0) is 34.4 Å². The van der Waals surface area contributed by atoms with E-state index in [0.29, 0.717) is 0 Å². The summed E-state index contributed by atoms with van der Waals surface area (Å²) < 4.78 is 1.22. The number of hydrogen-bond donors (Lipinski definition) is 1. The van der Waals surface area contributed by atoms with Crippen LogP contribution >= 0.6 is 42.8 Å². The largest absolute Gasteiger partial charge is 0.209 e. The van der Waals surface area contributed by atoms with Crippen LogP contribution in [-0.4, -0.2) is 5.33 Å². The van der Waals surface area contributed by atoms with Crippen molar-refractivity contribution in [3.63, 3.8) is 0 Å². The Kier molecular flexibility index (Phi) is 4.74. The zero-order valence-electron chi connectivity index (χ0n) is 8.87. The van der Waals surface area contributed by atoms with Crippen LogP contribution in [0.2, 0.25) is 0 Å². The van der Waals surface area contributed by atoms with E-state index in [1.54, 1.807) is 0 Å². The molecule has 0 radical (unpaired) electrons. The van der Waals surface area contributed by atoms with Crippen LogP contribution in [0.4, 0.5) is 0 Å². The summed E-state index contributed by atoms with van der Waals surface area (Å²) in [5, 5.41) is 5.66. The lowest BCUT2D eigenvalue weighted by Gasteiger charge is -2.12. The lowest BCUT2D eigenvalue weighted by Crippen LogP contribution is -1.91. The molecular formula is C13H14Br2S. The number of aryl methyl sites for hydroxylation is 1. The minimum Gasteiger partial charge on any atom is -0.209 e. The van der Waals surface area contributed by atoms with Gasteiger partial charge in [0.15, 0.2) is 0 Å². The molecule has 0 saturated carbocycles. The number of allylic oxidation sites excluding steroid dienone is 2. The number of benzene rings is 1. The van der Waals surface area contributed by atoms with E-state index in [-0.39, 0.29) is 10.9 Å². The maximum absolute atomic E-state index is 3.60. The first-order chi connectivity index (χ1) is 7.79. The minimum absolute atomic E-state index is 0.0408. The van der Waals surface area contributed by atoms with Crippen LogP contribution in [0.1, 0.15) is 11.1 Å². The highest BCUT2D eigenvalue weighted by molar-refractivity contribution is 9.10. The van der Waals surface area contributed by atoms with E-state index in [1.807, 2.05) is 0 Å². The molecule has 0 aliphatic carbocycles. The Labute approximate surface area is 116 Å². The van der Waals surface area contributed by atoms with Crippen molar-refractivity contribution in [1.29, 1.82) is 0 Å². The molecular weight excluding hydrogens is 348 g/mol. The van der Waals surface area contributed by atoms with Gasteiger partial charge in [-0.25, -0.2) is 10.9 Å². The Morgan fingerprint density at radius 2 is 1.88 bits per heavy atom. The zero-order chi connectivity index (χ0) is 11.4. The van der Waals surface area contributed by atoms with E-state index in [9.17, 15) is 0 Å². The third-order valence-electron chi connectivity index (χ3n) is 2.51. The minimum atomic E-state index is -0.0408. The Bertz CT molecular complexity index is 412. The van der Waals surface area contributed by atoms with Crippen LogP contribution in [0.5, 0.6) is 0 Å². The monoisotopic (exact) mass is 360 g/mol. The second-order valence-electron chi connectivity index (χ2n) is 3.72. The Morgan fingerprint density at radius 3 is 2.56 bits per heavy atom. The standard InChI is InChI=1S/C13H14Br2S/c14-6-5-12-9-11(3-4-13(12)15)10-16-7-1-2-8-16/h1-4,7-9,16H,5-6,10H2. The Hall–Kier alpha value is 0.01000. The second kappa shape index (κ2) is 6.08. The van der Waals surface area contributed by atoms with Crippen molar-refractivity contribution in [1.82, 2.24) is 0 Å². The van der Waals surface area contributed by atoms with Crippen molar-refractivity contribution >= 4 is 42.8 Å². The van der Waals surface area contributed by atoms with Crippen LogP contribution in [0.3, 0.4) is 0 Å². The zero-order valence-corrected chi connectivity index (χ0v) is 12.9. The molecule has 0 unspecified atom stereocenters. The lowest BCUT2D eigenvalue weighted by atomic mass is 10.1. The van der Waals surface area contributed by atoms with Crippen molar-refractivity contribution < 1.29 is 0 Å². The molecule has 0 amide bonds. The van der Waals surface area contributed by atoms with Gasteiger partial charge in [0.25, 0.3) is 0 Å². The smallest absolute Gasteiger partial charge is 0.0207 e. The van der Waals surface area contributed by atoms with Crippen LogP contribution in [0, 0.1) is 0 Å². The molecule has 3 heteroatoms. The molecule has 0 nitrogen and oxygen atoms in total. The van der Waals surface area contributed by atoms with Gasteiger partial charge in [-0.1, -0.05) is 56.1 Å². The predicted molar refractivity (Wildman–Crippen MR) is 82.6 cm³/mol. The van der Waals surface area contributed by atoms with Gasteiger partial charge >= 0.3 is 0 Å². The summed E-state index contributed by atoms with van der Waals surface area (Å²) in [7, 11) is -0.0408. The second-order valence-corrected chi connectivity index (χ2v) is 7.31. The molecule has 0 saturated heterocycles. The van der Waals surface area contributed by atoms with E-state index in [2.05, 4.69) is 73.0 Å². The van der Waals surface area contributed by atoms with E-state index in [4.69, 9.17) is 0 Å². The molecule has 1 aromatic carbocycles. The first kappa shape index (κ1) is 12.5. The molecule has 0 bridgehead atoms. The van der Waals surface area contributed by atoms with Crippen LogP contribution in [-0.2, 0) is 12.2 Å². The highest BCUT2D eigenvalue weighted by Crippen LogP contribution is 2.37.